The molecule has 4 amide bonds. The van der Waals surface area contributed by atoms with Crippen molar-refractivity contribution in [2.24, 2.45) is 5.41 Å². The van der Waals surface area contributed by atoms with Crippen molar-refractivity contribution >= 4 is 61.1 Å². The minimum atomic E-state index is -4.46. The molecule has 0 atom stereocenters. The molecule has 2 aromatic carbocycles. The van der Waals surface area contributed by atoms with Gasteiger partial charge in [-0.05, 0) is 115 Å². The van der Waals surface area contributed by atoms with Crippen LogP contribution < -0.4 is 26.2 Å². The van der Waals surface area contributed by atoms with E-state index in [0.717, 1.165) is 59.6 Å². The summed E-state index contributed by atoms with van der Waals surface area (Å²) in [6, 6.07) is 9.26. The van der Waals surface area contributed by atoms with Gasteiger partial charge in [-0.1, -0.05) is 59.3 Å². The van der Waals surface area contributed by atoms with Crippen LogP contribution in [-0.4, -0.2) is 105 Å². The number of allylic oxidation sites excluding steroid dienone is 6. The average Bonchev–Trinajstić information content (AvgIpc) is 3.61. The zero-order valence-corrected chi connectivity index (χ0v) is 45.6. The Kier molecular flexibility index (Phi) is 20.6. The largest absolute Gasteiger partial charge is 0.444 e. The number of nitrogens with zero attached hydrogens (tertiary/aromatic N) is 2. The lowest BCUT2D eigenvalue weighted by Gasteiger charge is -2.27. The van der Waals surface area contributed by atoms with Gasteiger partial charge in [0.15, 0.2) is 5.71 Å². The smallest absolute Gasteiger partial charge is 0.407 e. The van der Waals surface area contributed by atoms with E-state index in [2.05, 4.69) is 30.7 Å². The molecule has 0 aromatic heterocycles. The summed E-state index contributed by atoms with van der Waals surface area (Å²) >= 11 is 0. The van der Waals surface area contributed by atoms with Gasteiger partial charge in [-0.2, -0.15) is 21.4 Å². The summed E-state index contributed by atoms with van der Waals surface area (Å²) in [5.41, 5.74) is 2.59. The topological polar surface area (TPSA) is 241 Å². The number of anilines is 1. The normalized spacial score (nSPS) is 16.1. The molecule has 398 valence electrons. The van der Waals surface area contributed by atoms with Crippen molar-refractivity contribution in [3.8, 4) is 0 Å². The zero-order chi connectivity index (χ0) is 53.7. The maximum absolute atomic E-state index is 12.6. The van der Waals surface area contributed by atoms with Crippen LogP contribution in [-0.2, 0) is 50.2 Å². The Morgan fingerprint density at radius 2 is 1.19 bits per heavy atom. The lowest BCUT2D eigenvalue weighted by molar-refractivity contribution is -0.438. The number of carbonyl (C=O) groups excluding carboxylic acids is 4. The molecule has 6 N–H and O–H groups in total. The number of carbonyl (C=O) groups is 4. The summed E-state index contributed by atoms with van der Waals surface area (Å²) in [6.07, 6.45) is 15.4. The maximum Gasteiger partial charge on any atom is 0.407 e. The molecule has 0 spiro atoms. The number of ether oxygens (including phenoxy) is 1. The summed E-state index contributed by atoms with van der Waals surface area (Å²) in [5, 5.41) is 11.4. The van der Waals surface area contributed by atoms with Crippen LogP contribution in [0.15, 0.2) is 82.3 Å². The SMILES string of the molecule is CC(C)(C)OC(=O)NCCCNC(=O)CCCCCN1/C(=C/C=C/C=C/C2=[N+](CCCCCC(=O)NCCCNC(=O)C(C)(C)C)c3ccc(S(=O)(=O)O)cc3C2(C)C)C(C)(C)c2cc(S(=O)(=O)O)ccc21. The molecule has 2 aromatic rings. The summed E-state index contributed by atoms with van der Waals surface area (Å²) < 4.78 is 76.1. The van der Waals surface area contributed by atoms with Crippen LogP contribution in [0.25, 0.3) is 0 Å². The first-order valence-corrected chi connectivity index (χ1v) is 27.8. The van der Waals surface area contributed by atoms with Crippen LogP contribution in [0.4, 0.5) is 16.2 Å². The second-order valence-corrected chi connectivity index (χ2v) is 24.3. The van der Waals surface area contributed by atoms with Gasteiger partial charge in [-0.15, -0.1) is 0 Å². The van der Waals surface area contributed by atoms with Gasteiger partial charge < -0.3 is 30.9 Å². The Labute approximate surface area is 427 Å². The number of hydrogen-bond donors (Lipinski definition) is 6. The number of amides is 4. The molecule has 2 aliphatic heterocycles. The molecule has 0 aliphatic carbocycles. The van der Waals surface area contributed by atoms with E-state index in [0.29, 0.717) is 77.8 Å². The lowest BCUT2D eigenvalue weighted by Crippen LogP contribution is -2.36. The van der Waals surface area contributed by atoms with E-state index in [1.54, 1.807) is 32.9 Å². The summed E-state index contributed by atoms with van der Waals surface area (Å²) in [5.74, 6) is -0.155. The Bertz CT molecular complexity index is 2640. The first-order chi connectivity index (χ1) is 33.4. The van der Waals surface area contributed by atoms with Crippen LogP contribution in [0, 0.1) is 5.41 Å². The second-order valence-electron chi connectivity index (χ2n) is 21.5. The zero-order valence-electron chi connectivity index (χ0n) is 43.9. The number of hydrogen-bond acceptors (Lipinski definition) is 10. The van der Waals surface area contributed by atoms with Crippen molar-refractivity contribution in [3.63, 3.8) is 0 Å². The highest BCUT2D eigenvalue weighted by Crippen LogP contribution is 2.49. The summed E-state index contributed by atoms with van der Waals surface area (Å²) in [6.45, 7) is 21.9. The van der Waals surface area contributed by atoms with Crippen molar-refractivity contribution in [1.29, 1.82) is 0 Å². The van der Waals surface area contributed by atoms with Crippen LogP contribution >= 0.6 is 0 Å². The molecule has 0 saturated heterocycles. The fourth-order valence-electron chi connectivity index (χ4n) is 8.71. The molecule has 0 saturated carbocycles. The van der Waals surface area contributed by atoms with Gasteiger partial charge in [-0.25, -0.2) is 4.79 Å². The monoisotopic (exact) mass is 1040 g/mol. The van der Waals surface area contributed by atoms with Gasteiger partial charge in [0.25, 0.3) is 20.2 Å². The molecule has 4 rings (SSSR count). The molecular formula is C53H79N6O11S2+. The molecule has 2 heterocycles. The number of fused-ring (bicyclic) bond motifs is 2. The van der Waals surface area contributed by atoms with Gasteiger partial charge in [0.1, 0.15) is 12.1 Å². The van der Waals surface area contributed by atoms with E-state index in [4.69, 9.17) is 4.74 Å². The number of unbranched alkanes of at least 4 members (excludes halogenated alkanes) is 4. The quantitative estimate of drug-likeness (QED) is 0.0239. The Morgan fingerprint density at radius 1 is 0.653 bits per heavy atom. The van der Waals surface area contributed by atoms with Crippen molar-refractivity contribution in [3.05, 3.63) is 83.6 Å². The molecule has 0 unspecified atom stereocenters. The molecule has 19 heteroatoms. The predicted octanol–water partition coefficient (Wildman–Crippen LogP) is 8.17. The van der Waals surface area contributed by atoms with Gasteiger partial charge >= 0.3 is 6.09 Å². The van der Waals surface area contributed by atoms with Crippen LogP contribution in [0.2, 0.25) is 0 Å². The van der Waals surface area contributed by atoms with Crippen LogP contribution in [0.1, 0.15) is 145 Å². The van der Waals surface area contributed by atoms with Gasteiger partial charge in [-0.3, -0.25) is 23.5 Å². The standard InChI is InChI=1S/C53H78N6O11S2/c1-50(2,3)48(62)56-32-20-30-54-46(60)24-16-12-18-34-58-42-28-26-38(71(64,65)66)36-40(42)52(7,8)44(58)22-14-11-15-23-45-53(9,10)41-37-39(72(67,68)69)27-29-43(41)59(45)35-19-13-17-25-47(61)55-31-21-33-57-49(63)70-51(4,5)6/h11,14-15,22-23,26-29,36-37H,12-13,16-21,24-25,30-35H2,1-10H3,(H5-,54,55,56,57,60,61,62,63,64,65,66,67,68,69)/p+1. The summed E-state index contributed by atoms with van der Waals surface area (Å²) in [4.78, 5) is 50.8. The minimum absolute atomic E-state index is 0.0332. The number of rotatable bonds is 25. The third-order valence-corrected chi connectivity index (χ3v) is 14.3. The third kappa shape index (κ3) is 17.1. The summed E-state index contributed by atoms with van der Waals surface area (Å²) in [7, 11) is -8.92. The average molecular weight is 1040 g/mol. The van der Waals surface area contributed by atoms with E-state index in [-0.39, 0.29) is 27.5 Å². The number of nitrogens with one attached hydrogen (secondary N) is 4. The van der Waals surface area contributed by atoms with Crippen molar-refractivity contribution < 1.29 is 54.4 Å². The minimum Gasteiger partial charge on any atom is -0.444 e. The predicted molar refractivity (Wildman–Crippen MR) is 281 cm³/mol. The molecule has 0 radical (unpaired) electrons. The second kappa shape index (κ2) is 25.0. The van der Waals surface area contributed by atoms with E-state index < -0.39 is 48.2 Å². The molecule has 2 aliphatic rings. The highest BCUT2D eigenvalue weighted by molar-refractivity contribution is 7.86. The maximum atomic E-state index is 12.6. The van der Waals surface area contributed by atoms with Crippen molar-refractivity contribution in [1.82, 2.24) is 21.3 Å². The van der Waals surface area contributed by atoms with Crippen molar-refractivity contribution in [2.45, 2.75) is 160 Å². The highest BCUT2D eigenvalue weighted by atomic mass is 32.2. The number of benzene rings is 2. The fourth-order valence-corrected chi connectivity index (χ4v) is 9.73. The molecule has 72 heavy (non-hydrogen) atoms. The van der Waals surface area contributed by atoms with E-state index in [1.165, 1.54) is 24.3 Å². The van der Waals surface area contributed by atoms with E-state index in [9.17, 15) is 45.1 Å². The Hall–Kier alpha value is -5.37. The first-order valence-electron chi connectivity index (χ1n) is 24.9. The van der Waals surface area contributed by atoms with E-state index >= 15 is 0 Å². The van der Waals surface area contributed by atoms with Gasteiger partial charge in [0, 0.05) is 91.9 Å². The van der Waals surface area contributed by atoms with Crippen molar-refractivity contribution in [2.75, 3.05) is 44.2 Å². The Balaban J connectivity index is 1.44. The van der Waals surface area contributed by atoms with Crippen LogP contribution in [0.5, 0.6) is 0 Å². The Morgan fingerprint density at radius 3 is 1.76 bits per heavy atom. The lowest BCUT2D eigenvalue weighted by atomic mass is 9.81. The van der Waals surface area contributed by atoms with Gasteiger partial charge in [0.2, 0.25) is 23.4 Å². The first kappa shape index (κ1) is 59.2. The van der Waals surface area contributed by atoms with Crippen LogP contribution in [0.3, 0.4) is 0 Å². The molecule has 0 bridgehead atoms. The van der Waals surface area contributed by atoms with E-state index in [1.807, 2.05) is 78.8 Å². The number of alkyl carbamates (subject to hydrolysis) is 1. The highest BCUT2D eigenvalue weighted by Gasteiger charge is 2.45. The molecular weight excluding hydrogens is 961 g/mol. The van der Waals surface area contributed by atoms with Gasteiger partial charge in [0.05, 0.1) is 15.2 Å². The third-order valence-electron chi connectivity index (χ3n) is 12.6. The fraction of sp³-hybridized carbons (Fsp3) is 0.566. The molecule has 0 fully saturated rings. The molecule has 17 nitrogen and oxygen atoms in total.